The van der Waals surface area contributed by atoms with E-state index in [9.17, 15) is 9.59 Å². The molecule has 110 valence electrons. The summed E-state index contributed by atoms with van der Waals surface area (Å²) in [5, 5.41) is 5.41. The number of hydrogen-bond donors (Lipinski definition) is 3. The molecule has 0 radical (unpaired) electrons. The van der Waals surface area contributed by atoms with E-state index in [-0.39, 0.29) is 18.2 Å². The Bertz CT molecular complexity index is 482. The van der Waals surface area contributed by atoms with Gasteiger partial charge in [0.1, 0.15) is 0 Å². The predicted molar refractivity (Wildman–Crippen MR) is 80.3 cm³/mol. The van der Waals surface area contributed by atoms with Crippen LogP contribution >= 0.6 is 0 Å². The predicted octanol–water partition coefficient (Wildman–Crippen LogP) is 1.43. The number of nitrogens with two attached hydrogens (primary N) is 1. The average molecular weight is 277 g/mol. The van der Waals surface area contributed by atoms with Crippen LogP contribution in [0.15, 0.2) is 24.3 Å². The van der Waals surface area contributed by atoms with Crippen LogP contribution in [0.3, 0.4) is 0 Å². The molecule has 20 heavy (non-hydrogen) atoms. The fourth-order valence-corrected chi connectivity index (χ4v) is 1.88. The number of para-hydroxylation sites is 1. The number of carbonyl (C=O) groups is 2. The van der Waals surface area contributed by atoms with Gasteiger partial charge in [-0.15, -0.1) is 0 Å². The third kappa shape index (κ3) is 3.81. The van der Waals surface area contributed by atoms with Crippen LogP contribution in [0.4, 0.5) is 5.69 Å². The number of amides is 2. The SMILES string of the molecule is CCC(N)(CC)C(=O)Nc1ccccc1CC(=O)NC. The van der Waals surface area contributed by atoms with Crippen molar-refractivity contribution in [3.05, 3.63) is 29.8 Å². The minimum Gasteiger partial charge on any atom is -0.359 e. The maximum absolute atomic E-state index is 12.3. The van der Waals surface area contributed by atoms with Gasteiger partial charge >= 0.3 is 0 Å². The summed E-state index contributed by atoms with van der Waals surface area (Å²) in [4.78, 5) is 23.7. The molecule has 1 aromatic rings. The highest BCUT2D eigenvalue weighted by Crippen LogP contribution is 2.19. The molecule has 0 heterocycles. The van der Waals surface area contributed by atoms with Crippen LogP contribution < -0.4 is 16.4 Å². The van der Waals surface area contributed by atoms with Crippen molar-refractivity contribution in [1.29, 1.82) is 0 Å². The van der Waals surface area contributed by atoms with Gasteiger partial charge in [0.25, 0.3) is 0 Å². The lowest BCUT2D eigenvalue weighted by molar-refractivity contribution is -0.121. The van der Waals surface area contributed by atoms with Gasteiger partial charge in [0.05, 0.1) is 12.0 Å². The van der Waals surface area contributed by atoms with Crippen molar-refractivity contribution >= 4 is 17.5 Å². The molecule has 0 saturated heterocycles. The second-order valence-electron chi connectivity index (χ2n) is 4.82. The highest BCUT2D eigenvalue weighted by Gasteiger charge is 2.30. The summed E-state index contributed by atoms with van der Waals surface area (Å²) >= 11 is 0. The van der Waals surface area contributed by atoms with Crippen molar-refractivity contribution in [2.75, 3.05) is 12.4 Å². The minimum absolute atomic E-state index is 0.100. The fourth-order valence-electron chi connectivity index (χ4n) is 1.88. The molecule has 1 aromatic carbocycles. The van der Waals surface area contributed by atoms with Crippen LogP contribution in [-0.4, -0.2) is 24.4 Å². The van der Waals surface area contributed by atoms with E-state index in [4.69, 9.17) is 5.73 Å². The number of benzene rings is 1. The highest BCUT2D eigenvalue weighted by atomic mass is 16.2. The zero-order chi connectivity index (χ0) is 15.2. The summed E-state index contributed by atoms with van der Waals surface area (Å²) in [5.41, 5.74) is 6.61. The van der Waals surface area contributed by atoms with Gasteiger partial charge in [0.2, 0.25) is 11.8 Å². The van der Waals surface area contributed by atoms with Crippen molar-refractivity contribution in [1.82, 2.24) is 5.32 Å². The molecule has 4 N–H and O–H groups in total. The zero-order valence-corrected chi connectivity index (χ0v) is 12.3. The molecule has 0 saturated carbocycles. The summed E-state index contributed by atoms with van der Waals surface area (Å²) in [6.45, 7) is 3.78. The number of hydrogen-bond acceptors (Lipinski definition) is 3. The molecule has 0 aliphatic rings. The lowest BCUT2D eigenvalue weighted by Crippen LogP contribution is -2.50. The number of carbonyl (C=O) groups excluding carboxylic acids is 2. The van der Waals surface area contributed by atoms with E-state index in [2.05, 4.69) is 10.6 Å². The molecule has 0 aliphatic heterocycles. The first-order valence-electron chi connectivity index (χ1n) is 6.85. The normalized spacial score (nSPS) is 11.0. The van der Waals surface area contributed by atoms with Gasteiger partial charge in [-0.25, -0.2) is 0 Å². The smallest absolute Gasteiger partial charge is 0.244 e. The average Bonchev–Trinajstić information content (AvgIpc) is 2.48. The Morgan fingerprint density at radius 3 is 2.35 bits per heavy atom. The first-order valence-corrected chi connectivity index (χ1v) is 6.85. The molecule has 2 amide bonds. The standard InChI is InChI=1S/C15H23N3O2/c1-4-15(16,5-2)14(20)18-12-9-7-6-8-11(12)10-13(19)17-3/h6-9H,4-5,10,16H2,1-3H3,(H,17,19)(H,18,20). The van der Waals surface area contributed by atoms with Crippen molar-refractivity contribution in [3.8, 4) is 0 Å². The van der Waals surface area contributed by atoms with E-state index in [0.29, 0.717) is 18.5 Å². The van der Waals surface area contributed by atoms with Crippen molar-refractivity contribution in [3.63, 3.8) is 0 Å². The third-order valence-electron chi connectivity index (χ3n) is 3.61. The fraction of sp³-hybridized carbons (Fsp3) is 0.467. The Morgan fingerprint density at radius 2 is 1.80 bits per heavy atom. The van der Waals surface area contributed by atoms with Gasteiger partial charge < -0.3 is 16.4 Å². The van der Waals surface area contributed by atoms with E-state index in [1.807, 2.05) is 32.0 Å². The molecule has 0 aliphatic carbocycles. The van der Waals surface area contributed by atoms with Crippen LogP contribution in [-0.2, 0) is 16.0 Å². The number of anilines is 1. The Balaban J connectivity index is 2.92. The zero-order valence-electron chi connectivity index (χ0n) is 12.3. The summed E-state index contributed by atoms with van der Waals surface area (Å²) in [6, 6.07) is 7.26. The second-order valence-corrected chi connectivity index (χ2v) is 4.82. The topological polar surface area (TPSA) is 84.2 Å². The molecule has 0 aromatic heterocycles. The summed E-state index contributed by atoms with van der Waals surface area (Å²) in [6.07, 6.45) is 1.35. The summed E-state index contributed by atoms with van der Waals surface area (Å²) in [7, 11) is 1.59. The summed E-state index contributed by atoms with van der Waals surface area (Å²) in [5.74, 6) is -0.316. The minimum atomic E-state index is -0.875. The molecule has 1 rings (SSSR count). The van der Waals surface area contributed by atoms with Crippen molar-refractivity contribution in [2.24, 2.45) is 5.73 Å². The second kappa shape index (κ2) is 7.05. The molecule has 0 spiro atoms. The van der Waals surface area contributed by atoms with Gasteiger partial charge in [0.15, 0.2) is 0 Å². The molecule has 5 heteroatoms. The van der Waals surface area contributed by atoms with Gasteiger partial charge in [-0.05, 0) is 24.5 Å². The van der Waals surface area contributed by atoms with Gasteiger partial charge in [-0.3, -0.25) is 9.59 Å². The molecular weight excluding hydrogens is 254 g/mol. The first-order chi connectivity index (χ1) is 9.46. The maximum Gasteiger partial charge on any atom is 0.244 e. The number of nitrogens with one attached hydrogen (secondary N) is 2. The van der Waals surface area contributed by atoms with Crippen LogP contribution in [0, 0.1) is 0 Å². The molecule has 0 unspecified atom stereocenters. The molecule has 0 atom stereocenters. The van der Waals surface area contributed by atoms with E-state index in [1.165, 1.54) is 0 Å². The summed E-state index contributed by atoms with van der Waals surface area (Å²) < 4.78 is 0. The third-order valence-corrected chi connectivity index (χ3v) is 3.61. The van der Waals surface area contributed by atoms with E-state index < -0.39 is 5.54 Å². The van der Waals surface area contributed by atoms with Gasteiger partial charge in [0, 0.05) is 12.7 Å². The molecule has 0 fully saturated rings. The monoisotopic (exact) mass is 277 g/mol. The lowest BCUT2D eigenvalue weighted by Gasteiger charge is -2.25. The first kappa shape index (κ1) is 16.2. The van der Waals surface area contributed by atoms with Crippen LogP contribution in [0.5, 0.6) is 0 Å². The quantitative estimate of drug-likeness (QED) is 0.735. The molecule has 0 bridgehead atoms. The van der Waals surface area contributed by atoms with Gasteiger partial charge in [-0.1, -0.05) is 32.0 Å². The number of rotatable bonds is 6. The lowest BCUT2D eigenvalue weighted by atomic mass is 9.93. The van der Waals surface area contributed by atoms with Crippen molar-refractivity contribution < 1.29 is 9.59 Å². The Kier molecular flexibility index (Phi) is 5.70. The largest absolute Gasteiger partial charge is 0.359 e. The Hall–Kier alpha value is -1.88. The molecular formula is C15H23N3O2. The van der Waals surface area contributed by atoms with Gasteiger partial charge in [-0.2, -0.15) is 0 Å². The number of likely N-dealkylation sites (N-methyl/N-ethyl adjacent to an activating group) is 1. The maximum atomic E-state index is 12.3. The van der Waals surface area contributed by atoms with Crippen molar-refractivity contribution in [2.45, 2.75) is 38.6 Å². The van der Waals surface area contributed by atoms with Crippen LogP contribution in [0.2, 0.25) is 0 Å². The van der Waals surface area contributed by atoms with E-state index in [0.717, 1.165) is 5.56 Å². The van der Waals surface area contributed by atoms with E-state index >= 15 is 0 Å². The van der Waals surface area contributed by atoms with Crippen LogP contribution in [0.25, 0.3) is 0 Å². The Morgan fingerprint density at radius 1 is 1.20 bits per heavy atom. The molecule has 5 nitrogen and oxygen atoms in total. The Labute approximate surface area is 119 Å². The highest BCUT2D eigenvalue weighted by molar-refractivity contribution is 5.99. The van der Waals surface area contributed by atoms with Crippen LogP contribution in [0.1, 0.15) is 32.3 Å². The van der Waals surface area contributed by atoms with E-state index in [1.54, 1.807) is 13.1 Å².